The van der Waals surface area contributed by atoms with Gasteiger partial charge < -0.3 is 5.32 Å². The number of nitrogens with one attached hydrogen (secondary N) is 1. The molecular formula is C18H16N3O2. The van der Waals surface area contributed by atoms with Crippen LogP contribution in [-0.4, -0.2) is 22.5 Å². The van der Waals surface area contributed by atoms with Gasteiger partial charge in [-0.1, -0.05) is 29.8 Å². The van der Waals surface area contributed by atoms with Crippen molar-refractivity contribution in [2.45, 2.75) is 6.92 Å². The Morgan fingerprint density at radius 2 is 1.83 bits per heavy atom. The first-order chi connectivity index (χ1) is 11.1. The number of fused-ring (bicyclic) bond motifs is 1. The summed E-state index contributed by atoms with van der Waals surface area (Å²) in [7, 11) is 1.54. The van der Waals surface area contributed by atoms with Crippen LogP contribution in [0.3, 0.4) is 0 Å². The molecule has 3 rings (SSSR count). The van der Waals surface area contributed by atoms with E-state index in [1.54, 1.807) is 18.2 Å². The van der Waals surface area contributed by atoms with Gasteiger partial charge in [-0.05, 0) is 31.2 Å². The molecule has 0 saturated carbocycles. The molecule has 0 fully saturated rings. The van der Waals surface area contributed by atoms with Crippen LogP contribution < -0.4 is 10.9 Å². The maximum absolute atomic E-state index is 12.9. The van der Waals surface area contributed by atoms with E-state index in [9.17, 15) is 9.59 Å². The molecule has 5 heteroatoms. The Balaban J connectivity index is 2.29. The van der Waals surface area contributed by atoms with Gasteiger partial charge >= 0.3 is 0 Å². The SMILES string of the molecule is CNC(=O)[CH]c1nc2ccccc2c(=O)n1-c1ccc(C)cc1. The molecule has 2 aromatic carbocycles. The molecule has 0 aliphatic rings. The van der Waals surface area contributed by atoms with Crippen molar-refractivity contribution in [1.82, 2.24) is 14.9 Å². The summed E-state index contributed by atoms with van der Waals surface area (Å²) >= 11 is 0. The summed E-state index contributed by atoms with van der Waals surface area (Å²) in [5.41, 5.74) is 2.13. The largest absolute Gasteiger partial charge is 0.359 e. The normalized spacial score (nSPS) is 10.7. The first kappa shape index (κ1) is 15.0. The summed E-state index contributed by atoms with van der Waals surface area (Å²) < 4.78 is 1.46. The highest BCUT2D eigenvalue weighted by Gasteiger charge is 2.15. The minimum absolute atomic E-state index is 0.199. The van der Waals surface area contributed by atoms with Gasteiger partial charge in [-0.15, -0.1) is 0 Å². The molecule has 3 aromatic rings. The molecule has 0 aliphatic carbocycles. The van der Waals surface area contributed by atoms with E-state index in [1.807, 2.05) is 37.3 Å². The van der Waals surface area contributed by atoms with Crippen LogP contribution in [0.15, 0.2) is 53.3 Å². The Hall–Kier alpha value is -2.95. The van der Waals surface area contributed by atoms with Crippen molar-refractivity contribution < 1.29 is 4.79 Å². The van der Waals surface area contributed by atoms with Crippen LogP contribution in [0.4, 0.5) is 0 Å². The highest BCUT2D eigenvalue weighted by atomic mass is 16.1. The van der Waals surface area contributed by atoms with Crippen LogP contribution in [0.25, 0.3) is 16.6 Å². The zero-order chi connectivity index (χ0) is 16.4. The number of para-hydroxylation sites is 1. The fraction of sp³-hybridized carbons (Fsp3) is 0.111. The fourth-order valence-electron chi connectivity index (χ4n) is 2.38. The number of aryl methyl sites for hydroxylation is 1. The van der Waals surface area contributed by atoms with E-state index in [2.05, 4.69) is 10.3 Å². The van der Waals surface area contributed by atoms with Gasteiger partial charge in [-0.3, -0.25) is 14.2 Å². The number of benzene rings is 2. The molecule has 0 unspecified atom stereocenters. The van der Waals surface area contributed by atoms with Crippen molar-refractivity contribution in [2.75, 3.05) is 7.05 Å². The molecule has 1 N–H and O–H groups in total. The van der Waals surface area contributed by atoms with Crippen LogP contribution in [0.1, 0.15) is 11.4 Å². The van der Waals surface area contributed by atoms with E-state index in [0.717, 1.165) is 5.56 Å². The van der Waals surface area contributed by atoms with Gasteiger partial charge in [-0.2, -0.15) is 0 Å². The maximum Gasteiger partial charge on any atom is 0.265 e. The second-order valence-corrected chi connectivity index (χ2v) is 5.22. The van der Waals surface area contributed by atoms with Gasteiger partial charge in [0.05, 0.1) is 16.6 Å². The molecule has 0 bridgehead atoms. The minimum atomic E-state index is -0.312. The summed E-state index contributed by atoms with van der Waals surface area (Å²) in [5, 5.41) is 3.03. The molecule has 1 aromatic heterocycles. The second-order valence-electron chi connectivity index (χ2n) is 5.22. The zero-order valence-electron chi connectivity index (χ0n) is 12.9. The highest BCUT2D eigenvalue weighted by Crippen LogP contribution is 2.14. The molecule has 1 amide bonds. The lowest BCUT2D eigenvalue weighted by Crippen LogP contribution is -2.27. The van der Waals surface area contributed by atoms with E-state index in [0.29, 0.717) is 22.4 Å². The fourth-order valence-corrected chi connectivity index (χ4v) is 2.38. The van der Waals surface area contributed by atoms with E-state index in [-0.39, 0.29) is 11.5 Å². The molecule has 23 heavy (non-hydrogen) atoms. The Kier molecular flexibility index (Phi) is 3.93. The van der Waals surface area contributed by atoms with E-state index >= 15 is 0 Å². The third kappa shape index (κ3) is 2.85. The molecule has 0 saturated heterocycles. The molecule has 5 nitrogen and oxygen atoms in total. The first-order valence-corrected chi connectivity index (χ1v) is 7.25. The number of carbonyl (C=O) groups is 1. The van der Waals surface area contributed by atoms with Gasteiger partial charge in [0.1, 0.15) is 12.2 Å². The van der Waals surface area contributed by atoms with Crippen LogP contribution in [0.2, 0.25) is 0 Å². The number of aromatic nitrogens is 2. The molecule has 1 radical (unpaired) electrons. The summed E-state index contributed by atoms with van der Waals surface area (Å²) in [4.78, 5) is 29.1. The molecule has 115 valence electrons. The van der Waals surface area contributed by atoms with Crippen molar-refractivity contribution in [1.29, 1.82) is 0 Å². The Morgan fingerprint density at radius 3 is 2.52 bits per heavy atom. The van der Waals surface area contributed by atoms with Gasteiger partial charge in [0.15, 0.2) is 0 Å². The predicted octanol–water partition coefficient (Wildman–Crippen LogP) is 1.99. The third-order valence-electron chi connectivity index (χ3n) is 3.60. The lowest BCUT2D eigenvalue weighted by Gasteiger charge is -2.13. The maximum atomic E-state index is 12.9. The Labute approximate surface area is 133 Å². The molecule has 0 aliphatic heterocycles. The van der Waals surface area contributed by atoms with Gasteiger partial charge in [0.25, 0.3) is 5.56 Å². The third-order valence-corrected chi connectivity index (χ3v) is 3.60. The van der Waals surface area contributed by atoms with Crippen molar-refractivity contribution >= 4 is 16.8 Å². The molecular weight excluding hydrogens is 290 g/mol. The number of nitrogens with zero attached hydrogens (tertiary/aromatic N) is 2. The number of carbonyl (C=O) groups excluding carboxylic acids is 1. The summed E-state index contributed by atoms with van der Waals surface area (Å²) in [5.74, 6) is -0.00931. The van der Waals surface area contributed by atoms with Crippen molar-refractivity contribution in [3.05, 3.63) is 76.7 Å². The van der Waals surface area contributed by atoms with Crippen LogP contribution >= 0.6 is 0 Å². The van der Waals surface area contributed by atoms with Crippen molar-refractivity contribution in [3.63, 3.8) is 0 Å². The molecule has 0 spiro atoms. The number of rotatable bonds is 3. The summed E-state index contributed by atoms with van der Waals surface area (Å²) in [6.07, 6.45) is 1.33. The van der Waals surface area contributed by atoms with Gasteiger partial charge in [-0.25, -0.2) is 4.98 Å². The summed E-state index contributed by atoms with van der Waals surface area (Å²) in [6.45, 7) is 1.97. The quantitative estimate of drug-likeness (QED) is 0.805. The smallest absolute Gasteiger partial charge is 0.265 e. The molecule has 0 atom stereocenters. The number of hydrogen-bond acceptors (Lipinski definition) is 3. The number of amides is 1. The lowest BCUT2D eigenvalue weighted by atomic mass is 10.2. The van der Waals surface area contributed by atoms with Crippen LogP contribution in [0.5, 0.6) is 0 Å². The van der Waals surface area contributed by atoms with Crippen LogP contribution in [-0.2, 0) is 4.79 Å². The average molecular weight is 306 g/mol. The average Bonchev–Trinajstić information content (AvgIpc) is 2.56. The standard InChI is InChI=1S/C18H16N3O2/c1-12-7-9-13(10-8-12)21-16(11-17(22)19-2)20-15-6-4-3-5-14(15)18(21)23/h3-11H,1-2H3,(H,19,22). The van der Waals surface area contributed by atoms with Crippen LogP contribution in [0, 0.1) is 13.3 Å². The summed E-state index contributed by atoms with van der Waals surface area (Å²) in [6, 6.07) is 14.6. The van der Waals surface area contributed by atoms with Crippen molar-refractivity contribution in [2.24, 2.45) is 0 Å². The molecule has 1 heterocycles. The highest BCUT2D eigenvalue weighted by molar-refractivity contribution is 5.88. The monoisotopic (exact) mass is 306 g/mol. The number of hydrogen-bond donors (Lipinski definition) is 1. The topological polar surface area (TPSA) is 64.0 Å². The van der Waals surface area contributed by atoms with Crippen molar-refractivity contribution in [3.8, 4) is 5.69 Å². The minimum Gasteiger partial charge on any atom is -0.359 e. The first-order valence-electron chi connectivity index (χ1n) is 7.25. The van der Waals surface area contributed by atoms with Gasteiger partial charge in [0.2, 0.25) is 5.91 Å². The van der Waals surface area contributed by atoms with E-state index in [1.165, 1.54) is 18.0 Å². The Morgan fingerprint density at radius 1 is 1.13 bits per heavy atom. The lowest BCUT2D eigenvalue weighted by molar-refractivity contribution is -0.117. The van der Waals surface area contributed by atoms with E-state index in [4.69, 9.17) is 0 Å². The number of likely N-dealkylation sites (N-methyl/N-ethyl adjacent to an activating group) is 1. The zero-order valence-corrected chi connectivity index (χ0v) is 12.9. The second kappa shape index (κ2) is 6.04. The van der Waals surface area contributed by atoms with E-state index < -0.39 is 0 Å². The van der Waals surface area contributed by atoms with Gasteiger partial charge in [0, 0.05) is 7.05 Å². The predicted molar refractivity (Wildman–Crippen MR) is 89.5 cm³/mol. The Bertz CT molecular complexity index is 927.